The molecule has 0 atom stereocenters. The highest BCUT2D eigenvalue weighted by molar-refractivity contribution is 6.58. The molecule has 0 saturated heterocycles. The summed E-state index contributed by atoms with van der Waals surface area (Å²) in [6.07, 6.45) is 0. The van der Waals surface area contributed by atoms with Gasteiger partial charge in [-0.25, -0.2) is 4.39 Å². The Kier molecular flexibility index (Phi) is 4.77. The molecule has 2 aromatic carbocycles. The van der Waals surface area contributed by atoms with Gasteiger partial charge < -0.3 is 14.9 Å². The fourth-order valence-corrected chi connectivity index (χ4v) is 2.07. The zero-order chi connectivity index (χ0) is 14.5. The van der Waals surface area contributed by atoms with Gasteiger partial charge in [-0.1, -0.05) is 30.3 Å². The van der Waals surface area contributed by atoms with E-state index in [0.717, 1.165) is 17.8 Å². The summed E-state index contributed by atoms with van der Waals surface area (Å²) in [4.78, 5) is 2.05. The van der Waals surface area contributed by atoms with Gasteiger partial charge in [-0.3, -0.25) is 0 Å². The number of halogens is 1. The Morgan fingerprint density at radius 2 is 1.80 bits per heavy atom. The SMILES string of the molecule is CCN(Cc1ccc(B(O)O)cc1)c1cccc(F)c1. The van der Waals surface area contributed by atoms with Gasteiger partial charge >= 0.3 is 7.12 Å². The maximum Gasteiger partial charge on any atom is 0.488 e. The fourth-order valence-electron chi connectivity index (χ4n) is 2.07. The van der Waals surface area contributed by atoms with Gasteiger partial charge in [0, 0.05) is 18.8 Å². The topological polar surface area (TPSA) is 43.7 Å². The first-order chi connectivity index (χ1) is 9.60. The van der Waals surface area contributed by atoms with Crippen LogP contribution in [0.5, 0.6) is 0 Å². The van der Waals surface area contributed by atoms with Crippen LogP contribution in [0, 0.1) is 5.82 Å². The van der Waals surface area contributed by atoms with E-state index >= 15 is 0 Å². The van der Waals surface area contributed by atoms with Crippen molar-refractivity contribution in [3.8, 4) is 0 Å². The second-order valence-corrected chi connectivity index (χ2v) is 4.61. The smallest absolute Gasteiger partial charge is 0.423 e. The van der Waals surface area contributed by atoms with Crippen molar-refractivity contribution in [1.82, 2.24) is 0 Å². The lowest BCUT2D eigenvalue weighted by atomic mass is 9.80. The van der Waals surface area contributed by atoms with E-state index in [1.165, 1.54) is 12.1 Å². The Hall–Kier alpha value is -1.85. The molecule has 0 bridgehead atoms. The average Bonchev–Trinajstić information content (AvgIpc) is 2.45. The van der Waals surface area contributed by atoms with E-state index in [2.05, 4.69) is 0 Å². The van der Waals surface area contributed by atoms with Crippen LogP contribution in [0.3, 0.4) is 0 Å². The minimum absolute atomic E-state index is 0.250. The van der Waals surface area contributed by atoms with Crippen molar-refractivity contribution in [1.29, 1.82) is 0 Å². The van der Waals surface area contributed by atoms with Gasteiger partial charge in [0.05, 0.1) is 0 Å². The third kappa shape index (κ3) is 3.59. The summed E-state index contributed by atoms with van der Waals surface area (Å²) in [5, 5.41) is 18.1. The lowest BCUT2D eigenvalue weighted by Crippen LogP contribution is -2.30. The molecule has 0 fully saturated rings. The van der Waals surface area contributed by atoms with Gasteiger partial charge in [0.25, 0.3) is 0 Å². The molecule has 0 heterocycles. The molecule has 2 aromatic rings. The zero-order valence-electron chi connectivity index (χ0n) is 11.3. The minimum Gasteiger partial charge on any atom is -0.423 e. The van der Waals surface area contributed by atoms with Gasteiger partial charge in [0.2, 0.25) is 0 Å². The summed E-state index contributed by atoms with van der Waals surface area (Å²) in [7, 11) is -1.45. The van der Waals surface area contributed by atoms with Crippen LogP contribution in [0.15, 0.2) is 48.5 Å². The molecular weight excluding hydrogens is 256 g/mol. The maximum absolute atomic E-state index is 13.3. The molecule has 0 saturated carbocycles. The van der Waals surface area contributed by atoms with E-state index in [1.54, 1.807) is 18.2 Å². The van der Waals surface area contributed by atoms with Crippen molar-refractivity contribution in [3.63, 3.8) is 0 Å². The fraction of sp³-hybridized carbons (Fsp3) is 0.200. The monoisotopic (exact) mass is 273 g/mol. The highest BCUT2D eigenvalue weighted by atomic mass is 19.1. The summed E-state index contributed by atoms with van der Waals surface area (Å²) >= 11 is 0. The molecule has 104 valence electrons. The Morgan fingerprint density at radius 3 is 2.35 bits per heavy atom. The lowest BCUT2D eigenvalue weighted by molar-refractivity contribution is 0.426. The molecule has 0 aliphatic carbocycles. The van der Waals surface area contributed by atoms with Crippen LogP contribution in [0.2, 0.25) is 0 Å². The summed E-state index contributed by atoms with van der Waals surface area (Å²) < 4.78 is 13.3. The van der Waals surface area contributed by atoms with Crippen molar-refractivity contribution < 1.29 is 14.4 Å². The molecule has 0 spiro atoms. The summed E-state index contributed by atoms with van der Waals surface area (Å²) in [5.41, 5.74) is 2.32. The predicted octanol–water partition coefficient (Wildman–Crippen LogP) is 1.53. The van der Waals surface area contributed by atoms with Crippen molar-refractivity contribution >= 4 is 18.3 Å². The average molecular weight is 273 g/mol. The molecule has 5 heteroatoms. The van der Waals surface area contributed by atoms with E-state index in [1.807, 2.05) is 30.0 Å². The lowest BCUT2D eigenvalue weighted by Gasteiger charge is -2.23. The number of anilines is 1. The molecule has 3 nitrogen and oxygen atoms in total. The summed E-state index contributed by atoms with van der Waals surface area (Å²) in [6.45, 7) is 3.41. The van der Waals surface area contributed by atoms with Gasteiger partial charge in [0.1, 0.15) is 5.82 Å². The molecule has 20 heavy (non-hydrogen) atoms. The molecule has 2 rings (SSSR count). The van der Waals surface area contributed by atoms with Crippen LogP contribution in [-0.2, 0) is 6.54 Å². The molecule has 0 amide bonds. The number of hydrogen-bond donors (Lipinski definition) is 2. The molecule has 0 aromatic heterocycles. The molecule has 2 N–H and O–H groups in total. The Labute approximate surface area is 118 Å². The highest BCUT2D eigenvalue weighted by Gasteiger charge is 2.11. The van der Waals surface area contributed by atoms with Gasteiger partial charge in [-0.2, -0.15) is 0 Å². The normalized spacial score (nSPS) is 10.4. The quantitative estimate of drug-likeness (QED) is 0.812. The second-order valence-electron chi connectivity index (χ2n) is 4.61. The van der Waals surface area contributed by atoms with Crippen molar-refractivity contribution in [3.05, 3.63) is 59.9 Å². The third-order valence-electron chi connectivity index (χ3n) is 3.21. The number of rotatable bonds is 5. The standard InChI is InChI=1S/C15H17BFNO2/c1-2-18(15-5-3-4-14(17)10-15)11-12-6-8-13(9-7-12)16(19)20/h3-10,19-20H,2,11H2,1H3. The van der Waals surface area contributed by atoms with Crippen molar-refractivity contribution in [2.45, 2.75) is 13.5 Å². The van der Waals surface area contributed by atoms with E-state index in [9.17, 15) is 4.39 Å². The Morgan fingerprint density at radius 1 is 1.10 bits per heavy atom. The van der Waals surface area contributed by atoms with Crippen LogP contribution < -0.4 is 10.4 Å². The van der Waals surface area contributed by atoms with Crippen LogP contribution in [-0.4, -0.2) is 23.7 Å². The first-order valence-corrected chi connectivity index (χ1v) is 6.55. The van der Waals surface area contributed by atoms with Crippen LogP contribution >= 0.6 is 0 Å². The molecule has 0 aliphatic heterocycles. The first kappa shape index (κ1) is 14.6. The van der Waals surface area contributed by atoms with E-state index in [4.69, 9.17) is 10.0 Å². The molecule has 0 radical (unpaired) electrons. The van der Waals surface area contributed by atoms with E-state index in [0.29, 0.717) is 12.0 Å². The molecule has 0 aliphatic rings. The van der Waals surface area contributed by atoms with E-state index < -0.39 is 7.12 Å². The van der Waals surface area contributed by atoms with Crippen LogP contribution in [0.4, 0.5) is 10.1 Å². The maximum atomic E-state index is 13.3. The highest BCUT2D eigenvalue weighted by Crippen LogP contribution is 2.17. The number of hydrogen-bond acceptors (Lipinski definition) is 3. The van der Waals surface area contributed by atoms with Gasteiger partial charge in [-0.05, 0) is 36.1 Å². The van der Waals surface area contributed by atoms with E-state index in [-0.39, 0.29) is 5.82 Å². The second kappa shape index (κ2) is 6.54. The van der Waals surface area contributed by atoms with Crippen LogP contribution in [0.25, 0.3) is 0 Å². The van der Waals surface area contributed by atoms with Crippen molar-refractivity contribution in [2.75, 3.05) is 11.4 Å². The Balaban J connectivity index is 2.14. The number of nitrogens with zero attached hydrogens (tertiary/aromatic N) is 1. The van der Waals surface area contributed by atoms with Gasteiger partial charge in [0.15, 0.2) is 0 Å². The molecular formula is C15H17BFNO2. The molecule has 0 unspecified atom stereocenters. The summed E-state index contributed by atoms with van der Waals surface area (Å²) in [5.74, 6) is -0.250. The number of benzene rings is 2. The van der Waals surface area contributed by atoms with Crippen LogP contribution in [0.1, 0.15) is 12.5 Å². The van der Waals surface area contributed by atoms with Gasteiger partial charge in [-0.15, -0.1) is 0 Å². The minimum atomic E-state index is -1.45. The summed E-state index contributed by atoms with van der Waals surface area (Å²) in [6, 6.07) is 13.5. The Bertz CT molecular complexity index is 560. The zero-order valence-corrected chi connectivity index (χ0v) is 11.3. The largest absolute Gasteiger partial charge is 0.488 e. The van der Waals surface area contributed by atoms with Crippen molar-refractivity contribution in [2.24, 2.45) is 0 Å². The predicted molar refractivity (Wildman–Crippen MR) is 79.4 cm³/mol. The third-order valence-corrected chi connectivity index (χ3v) is 3.21. The first-order valence-electron chi connectivity index (χ1n) is 6.55.